The number of fused-ring (bicyclic) bond motifs is 1. The largest absolute Gasteiger partial charge is 1.00 e. The van der Waals surface area contributed by atoms with Crippen LogP contribution in [0.3, 0.4) is 0 Å². The van der Waals surface area contributed by atoms with Crippen LogP contribution in [0.25, 0.3) is 10.8 Å². The summed E-state index contributed by atoms with van der Waals surface area (Å²) in [6.07, 6.45) is 2.42. The van der Waals surface area contributed by atoms with Gasteiger partial charge in [-0.25, -0.2) is 0 Å². The molecule has 0 saturated carbocycles. The fourth-order valence-corrected chi connectivity index (χ4v) is 2.59. The molecule has 0 radical (unpaired) electrons. The van der Waals surface area contributed by atoms with Gasteiger partial charge in [0.15, 0.2) is 0 Å². The topological polar surface area (TPSA) is 54.4 Å². The Balaban J connectivity index is 0.00000162. The first-order chi connectivity index (χ1) is 8.04. The quantitative estimate of drug-likeness (QED) is 0.483. The van der Waals surface area contributed by atoms with Crippen LogP contribution >= 0.6 is 0 Å². The minimum Gasteiger partial charge on any atom is -1.00 e. The smallest absolute Gasteiger partial charge is 1.00 e. The monoisotopic (exact) mass is 272 g/mol. The molecule has 0 heterocycles. The van der Waals surface area contributed by atoms with Gasteiger partial charge in [0.1, 0.15) is 4.90 Å². The average Bonchev–Trinajstić information content (AvgIpc) is 2.28. The normalized spacial score (nSPS) is 10.9. The Hall–Kier alpha value is -0.650. The Bertz CT molecular complexity index is 683. The van der Waals surface area contributed by atoms with Crippen LogP contribution in [0, 0.1) is 0 Å². The van der Waals surface area contributed by atoms with Crippen LogP contribution in [0.1, 0.15) is 6.99 Å². The molecule has 0 fully saturated rings. The van der Waals surface area contributed by atoms with Gasteiger partial charge in [-0.2, -0.15) is 8.42 Å². The third-order valence-electron chi connectivity index (χ3n) is 2.62. The van der Waals surface area contributed by atoms with Gasteiger partial charge < -0.3 is 1.43 Å². The van der Waals surface area contributed by atoms with Gasteiger partial charge >= 0.3 is 29.6 Å². The maximum atomic E-state index is 11.3. The second-order valence-corrected chi connectivity index (χ2v) is 5.13. The van der Waals surface area contributed by atoms with Crippen LogP contribution in [-0.4, -0.2) is 13.0 Å². The van der Waals surface area contributed by atoms with E-state index in [-0.39, 0.29) is 35.9 Å². The first kappa shape index (κ1) is 15.4. The number of allylic oxidation sites excluding steroid dienone is 1. The van der Waals surface area contributed by atoms with E-state index in [1.54, 1.807) is 24.3 Å². The third-order valence-corrected chi connectivity index (χ3v) is 3.53. The van der Waals surface area contributed by atoms with E-state index in [4.69, 9.17) is 4.55 Å². The molecule has 0 unspecified atom stereocenters. The molecule has 18 heavy (non-hydrogen) atoms. The molecule has 0 amide bonds. The van der Waals surface area contributed by atoms with E-state index < -0.39 is 10.1 Å². The van der Waals surface area contributed by atoms with Crippen LogP contribution < -0.4 is 29.6 Å². The van der Waals surface area contributed by atoms with Crippen molar-refractivity contribution in [2.24, 2.45) is 0 Å². The molecule has 0 bridgehead atoms. The van der Waals surface area contributed by atoms with Crippen molar-refractivity contribution in [3.05, 3.63) is 54.6 Å². The van der Waals surface area contributed by atoms with Crippen LogP contribution in [0.5, 0.6) is 0 Å². The number of hydrogen-bond acceptors (Lipinski definition) is 2. The summed E-state index contributed by atoms with van der Waals surface area (Å²) in [5, 5.41) is 1.36. The average molecular weight is 272 g/mol. The van der Waals surface area contributed by atoms with Crippen molar-refractivity contribution in [2.75, 3.05) is 0 Å². The molecule has 0 aliphatic rings. The Morgan fingerprint density at radius 3 is 2.33 bits per heavy atom. The zero-order valence-corrected chi connectivity index (χ0v) is 12.9. The van der Waals surface area contributed by atoms with E-state index in [9.17, 15) is 8.42 Å². The minimum atomic E-state index is -4.19. The molecule has 0 aromatic heterocycles. The summed E-state index contributed by atoms with van der Waals surface area (Å²) < 4.78 is 31.7. The molecule has 1 N–H and O–H groups in total. The molecule has 0 saturated heterocycles. The Morgan fingerprint density at radius 2 is 1.78 bits per heavy atom. The van der Waals surface area contributed by atoms with E-state index in [0.29, 0.717) is 11.8 Å². The molecule has 2 aromatic rings. The summed E-state index contributed by atoms with van der Waals surface area (Å²) in [6, 6.07) is 10.2. The van der Waals surface area contributed by atoms with E-state index in [2.05, 4.69) is 6.58 Å². The second kappa shape index (κ2) is 5.99. The van der Waals surface area contributed by atoms with Gasteiger partial charge in [0, 0.05) is 5.39 Å². The number of hydrogen-bond donors (Lipinski definition) is 1. The van der Waals surface area contributed by atoms with E-state index in [1.165, 1.54) is 6.07 Å². The maximum Gasteiger partial charge on any atom is 1.00 e. The van der Waals surface area contributed by atoms with Gasteiger partial charge in [0.25, 0.3) is 10.1 Å². The van der Waals surface area contributed by atoms with Crippen molar-refractivity contribution in [1.82, 2.24) is 0 Å². The van der Waals surface area contributed by atoms with Crippen molar-refractivity contribution < 1.29 is 44.0 Å². The predicted molar refractivity (Wildman–Crippen MR) is 68.8 cm³/mol. The van der Waals surface area contributed by atoms with Crippen molar-refractivity contribution in [3.63, 3.8) is 0 Å². The summed E-state index contributed by atoms with van der Waals surface area (Å²) in [7, 11) is -4.19. The summed E-state index contributed by atoms with van der Waals surface area (Å²) in [4.78, 5) is -0.0547. The molecule has 0 atom stereocenters. The van der Waals surface area contributed by atoms with Crippen molar-refractivity contribution in [1.29, 1.82) is 0 Å². The number of benzene rings is 2. The van der Waals surface area contributed by atoms with Gasteiger partial charge in [-0.3, -0.25) is 4.55 Å². The third kappa shape index (κ3) is 3.02. The Labute approximate surface area is 130 Å². The van der Waals surface area contributed by atoms with Crippen molar-refractivity contribution in [2.45, 2.75) is 11.3 Å². The van der Waals surface area contributed by atoms with Crippen LogP contribution in [0.4, 0.5) is 0 Å². The molecule has 90 valence electrons. The van der Waals surface area contributed by atoms with Crippen LogP contribution in [0.15, 0.2) is 53.9 Å². The molecule has 0 aliphatic heterocycles. The first-order valence-corrected chi connectivity index (χ1v) is 6.57. The molecule has 3 nitrogen and oxygen atoms in total. The Kier molecular flexibility index (Phi) is 5.13. The fourth-order valence-electron chi connectivity index (χ4n) is 1.89. The first-order valence-electron chi connectivity index (χ1n) is 5.13. The Morgan fingerprint density at radius 1 is 1.17 bits per heavy atom. The zero-order chi connectivity index (χ0) is 12.5. The molecule has 2 aromatic carbocycles. The zero-order valence-electron chi connectivity index (χ0n) is 11.1. The SMILES string of the molecule is C=CCc1ccc(S(=O)(=O)O)c2ccccc12.[H-].[Na+]. The van der Waals surface area contributed by atoms with E-state index in [1.807, 2.05) is 12.1 Å². The summed E-state index contributed by atoms with van der Waals surface area (Å²) >= 11 is 0. The van der Waals surface area contributed by atoms with Crippen molar-refractivity contribution >= 4 is 20.9 Å². The molecule has 0 aliphatic carbocycles. The predicted octanol–water partition coefficient (Wildman–Crippen LogP) is -0.0685. The molecule has 5 heteroatoms. The molecule has 2 rings (SSSR count). The van der Waals surface area contributed by atoms with Gasteiger partial charge in [-0.1, -0.05) is 36.4 Å². The summed E-state index contributed by atoms with van der Waals surface area (Å²) in [5.41, 5.74) is 0.989. The molecular weight excluding hydrogens is 259 g/mol. The number of rotatable bonds is 3. The van der Waals surface area contributed by atoms with Crippen LogP contribution in [0.2, 0.25) is 0 Å². The van der Waals surface area contributed by atoms with Gasteiger partial charge in [0.05, 0.1) is 0 Å². The van der Waals surface area contributed by atoms with E-state index in [0.717, 1.165) is 10.9 Å². The fraction of sp³-hybridized carbons (Fsp3) is 0.0769. The molecular formula is C13H13NaO3S. The van der Waals surface area contributed by atoms with Crippen molar-refractivity contribution in [3.8, 4) is 0 Å². The summed E-state index contributed by atoms with van der Waals surface area (Å²) in [5.74, 6) is 0. The maximum absolute atomic E-state index is 11.3. The second-order valence-electron chi connectivity index (χ2n) is 3.74. The summed E-state index contributed by atoms with van der Waals surface area (Å²) in [6.45, 7) is 3.67. The van der Waals surface area contributed by atoms with Gasteiger partial charge in [-0.05, 0) is 23.4 Å². The molecule has 0 spiro atoms. The standard InChI is InChI=1S/C13H12O3S.Na.H/c1-2-5-10-8-9-13(17(14,15)16)12-7-4-3-6-11(10)12;;/h2-4,6-9H,1,5H2,(H,14,15,16);;/q;+1;-1. The van der Waals surface area contributed by atoms with E-state index >= 15 is 0 Å². The van der Waals surface area contributed by atoms with Gasteiger partial charge in [-0.15, -0.1) is 6.58 Å². The van der Waals surface area contributed by atoms with Crippen LogP contribution in [-0.2, 0) is 16.5 Å². The minimum absolute atomic E-state index is 0. The van der Waals surface area contributed by atoms with Gasteiger partial charge in [0.2, 0.25) is 0 Å².